The van der Waals surface area contributed by atoms with Crippen LogP contribution in [-0.2, 0) is 0 Å². The zero-order valence-corrected chi connectivity index (χ0v) is 11.5. The van der Waals surface area contributed by atoms with Crippen LogP contribution >= 0.6 is 11.6 Å². The van der Waals surface area contributed by atoms with E-state index >= 15 is 0 Å². The molecule has 6 heteroatoms. The summed E-state index contributed by atoms with van der Waals surface area (Å²) in [6.45, 7) is 3.98. The van der Waals surface area contributed by atoms with Crippen molar-refractivity contribution in [2.45, 2.75) is 19.9 Å². The minimum atomic E-state index is -0.206. The molecule has 100 valence electrons. The van der Waals surface area contributed by atoms with E-state index in [1.165, 1.54) is 6.20 Å². The molecular weight excluding hydrogens is 254 g/mol. The maximum atomic E-state index is 12.3. The molecule has 0 aliphatic heterocycles. The molecule has 2 N–H and O–H groups in total. The van der Waals surface area contributed by atoms with Gasteiger partial charge in [-0.1, -0.05) is 11.6 Å². The molecule has 0 aliphatic carbocycles. The summed E-state index contributed by atoms with van der Waals surface area (Å²) in [5.41, 5.74) is 0.387. The second-order valence-corrected chi connectivity index (χ2v) is 4.52. The van der Waals surface area contributed by atoms with E-state index in [9.17, 15) is 4.79 Å². The van der Waals surface area contributed by atoms with Gasteiger partial charge in [0.25, 0.3) is 5.91 Å². The molecule has 1 heterocycles. The van der Waals surface area contributed by atoms with Crippen LogP contribution in [-0.4, -0.2) is 47.1 Å². The number of carbonyl (C=O) groups excluding carboxylic acids is 1. The minimum absolute atomic E-state index is 0.00748. The average Bonchev–Trinajstić information content (AvgIpc) is 2.35. The number of nitrogens with one attached hydrogen (secondary N) is 1. The van der Waals surface area contributed by atoms with Gasteiger partial charge in [-0.25, -0.2) is 4.98 Å². The van der Waals surface area contributed by atoms with Crippen molar-refractivity contribution in [3.8, 4) is 0 Å². The van der Waals surface area contributed by atoms with Crippen molar-refractivity contribution >= 4 is 23.3 Å². The summed E-state index contributed by atoms with van der Waals surface area (Å²) in [7, 11) is 1.72. The number of aliphatic hydroxyl groups excluding tert-OH is 1. The van der Waals surface area contributed by atoms with Gasteiger partial charge in [-0.05, 0) is 19.9 Å². The van der Waals surface area contributed by atoms with Crippen LogP contribution in [0, 0.1) is 0 Å². The molecule has 0 spiro atoms. The summed E-state index contributed by atoms with van der Waals surface area (Å²) in [4.78, 5) is 17.9. The Morgan fingerprint density at radius 2 is 2.28 bits per heavy atom. The van der Waals surface area contributed by atoms with Crippen molar-refractivity contribution in [3.05, 3.63) is 22.8 Å². The first kappa shape index (κ1) is 14.7. The van der Waals surface area contributed by atoms with E-state index in [0.29, 0.717) is 16.4 Å². The molecule has 0 radical (unpaired) electrons. The van der Waals surface area contributed by atoms with Gasteiger partial charge >= 0.3 is 0 Å². The predicted octanol–water partition coefficient (Wildman–Crippen LogP) is 1.62. The molecule has 18 heavy (non-hydrogen) atoms. The molecule has 0 saturated carbocycles. The lowest BCUT2D eigenvalue weighted by Crippen LogP contribution is -2.39. The Hall–Kier alpha value is -1.33. The van der Waals surface area contributed by atoms with E-state index in [2.05, 4.69) is 10.3 Å². The SMILES string of the molecule is CNc1cc(C(=O)N(CCO)C(C)C)c(Cl)cn1. The number of hydrogen-bond acceptors (Lipinski definition) is 4. The largest absolute Gasteiger partial charge is 0.395 e. The summed E-state index contributed by atoms with van der Waals surface area (Å²) in [5, 5.41) is 12.2. The third-order valence-electron chi connectivity index (χ3n) is 2.57. The van der Waals surface area contributed by atoms with Crippen molar-refractivity contribution in [3.63, 3.8) is 0 Å². The van der Waals surface area contributed by atoms with Crippen LogP contribution in [0.1, 0.15) is 24.2 Å². The Labute approximate surface area is 112 Å². The van der Waals surface area contributed by atoms with Crippen LogP contribution in [0.2, 0.25) is 5.02 Å². The van der Waals surface area contributed by atoms with E-state index < -0.39 is 0 Å². The molecule has 0 atom stereocenters. The average molecular weight is 272 g/mol. The number of aliphatic hydroxyl groups is 1. The second kappa shape index (κ2) is 6.56. The van der Waals surface area contributed by atoms with Crippen LogP contribution in [0.25, 0.3) is 0 Å². The predicted molar refractivity (Wildman–Crippen MR) is 72.1 cm³/mol. The van der Waals surface area contributed by atoms with Crippen molar-refractivity contribution in [2.75, 3.05) is 25.5 Å². The Balaban J connectivity index is 3.07. The fourth-order valence-corrected chi connectivity index (χ4v) is 1.78. The number of halogens is 1. The standard InChI is InChI=1S/C12H18ClN3O2/c1-8(2)16(4-5-17)12(18)9-6-11(14-3)15-7-10(9)13/h6-8,17H,4-5H2,1-3H3,(H,14,15). The Kier molecular flexibility index (Phi) is 5.37. The minimum Gasteiger partial charge on any atom is -0.395 e. The van der Waals surface area contributed by atoms with Crippen molar-refractivity contribution in [2.24, 2.45) is 0 Å². The number of carbonyl (C=O) groups is 1. The number of nitrogens with zero attached hydrogens (tertiary/aromatic N) is 2. The highest BCUT2D eigenvalue weighted by Crippen LogP contribution is 2.20. The normalized spacial score (nSPS) is 10.6. The van der Waals surface area contributed by atoms with Crippen LogP contribution in [0.4, 0.5) is 5.82 Å². The van der Waals surface area contributed by atoms with E-state index in [0.717, 1.165) is 0 Å². The lowest BCUT2D eigenvalue weighted by molar-refractivity contribution is 0.0665. The molecule has 0 saturated heterocycles. The summed E-state index contributed by atoms with van der Waals surface area (Å²) >= 11 is 6.00. The summed E-state index contributed by atoms with van der Waals surface area (Å²) in [5.74, 6) is 0.374. The molecule has 0 aromatic carbocycles. The van der Waals surface area contributed by atoms with Crippen molar-refractivity contribution < 1.29 is 9.90 Å². The topological polar surface area (TPSA) is 65.5 Å². The van der Waals surface area contributed by atoms with E-state index in [4.69, 9.17) is 16.7 Å². The molecule has 0 unspecified atom stereocenters. The molecule has 1 amide bonds. The zero-order valence-electron chi connectivity index (χ0n) is 10.8. The molecule has 0 aliphatic rings. The monoisotopic (exact) mass is 271 g/mol. The van der Waals surface area contributed by atoms with E-state index in [1.807, 2.05) is 13.8 Å². The Morgan fingerprint density at radius 1 is 1.61 bits per heavy atom. The highest BCUT2D eigenvalue weighted by molar-refractivity contribution is 6.33. The highest BCUT2D eigenvalue weighted by Gasteiger charge is 2.21. The number of hydrogen-bond donors (Lipinski definition) is 2. The maximum Gasteiger partial charge on any atom is 0.255 e. The third kappa shape index (κ3) is 3.34. The van der Waals surface area contributed by atoms with Gasteiger partial charge in [-0.15, -0.1) is 0 Å². The fourth-order valence-electron chi connectivity index (χ4n) is 1.60. The first-order valence-corrected chi connectivity index (χ1v) is 6.14. The lowest BCUT2D eigenvalue weighted by Gasteiger charge is -2.26. The van der Waals surface area contributed by atoms with Crippen LogP contribution in [0.15, 0.2) is 12.3 Å². The lowest BCUT2D eigenvalue weighted by atomic mass is 10.2. The number of anilines is 1. The number of aromatic nitrogens is 1. The maximum absolute atomic E-state index is 12.3. The smallest absolute Gasteiger partial charge is 0.255 e. The molecule has 0 fully saturated rings. The third-order valence-corrected chi connectivity index (χ3v) is 2.87. The van der Waals surface area contributed by atoms with Gasteiger partial charge in [0.05, 0.1) is 17.2 Å². The van der Waals surface area contributed by atoms with Gasteiger partial charge in [0.1, 0.15) is 5.82 Å². The van der Waals surface area contributed by atoms with Crippen LogP contribution in [0.5, 0.6) is 0 Å². The van der Waals surface area contributed by atoms with Gasteiger partial charge in [-0.2, -0.15) is 0 Å². The van der Waals surface area contributed by atoms with Gasteiger partial charge in [-0.3, -0.25) is 4.79 Å². The summed E-state index contributed by atoms with van der Waals surface area (Å²) in [6, 6.07) is 1.60. The first-order chi connectivity index (χ1) is 8.51. The van der Waals surface area contributed by atoms with Gasteiger partial charge < -0.3 is 15.3 Å². The number of rotatable bonds is 5. The van der Waals surface area contributed by atoms with Gasteiger partial charge in [0.15, 0.2) is 0 Å². The molecule has 1 rings (SSSR count). The number of amides is 1. The quantitative estimate of drug-likeness (QED) is 0.854. The Bertz CT molecular complexity index is 424. The van der Waals surface area contributed by atoms with Gasteiger partial charge in [0.2, 0.25) is 0 Å². The Morgan fingerprint density at radius 3 is 2.78 bits per heavy atom. The van der Waals surface area contributed by atoms with Crippen molar-refractivity contribution in [1.82, 2.24) is 9.88 Å². The van der Waals surface area contributed by atoms with Crippen LogP contribution < -0.4 is 5.32 Å². The zero-order chi connectivity index (χ0) is 13.7. The van der Waals surface area contributed by atoms with E-state index in [-0.39, 0.29) is 25.1 Å². The second-order valence-electron chi connectivity index (χ2n) is 4.12. The fraction of sp³-hybridized carbons (Fsp3) is 0.500. The van der Waals surface area contributed by atoms with E-state index in [1.54, 1.807) is 18.0 Å². The summed E-state index contributed by atoms with van der Waals surface area (Å²) in [6.07, 6.45) is 1.44. The number of pyridine rings is 1. The molecule has 1 aromatic heterocycles. The van der Waals surface area contributed by atoms with Crippen LogP contribution in [0.3, 0.4) is 0 Å². The molecule has 0 bridgehead atoms. The van der Waals surface area contributed by atoms with Gasteiger partial charge in [0, 0.05) is 25.8 Å². The molecule has 5 nitrogen and oxygen atoms in total. The first-order valence-electron chi connectivity index (χ1n) is 5.76. The highest BCUT2D eigenvalue weighted by atomic mass is 35.5. The summed E-state index contributed by atoms with van der Waals surface area (Å²) < 4.78 is 0. The molecule has 1 aromatic rings. The van der Waals surface area contributed by atoms with Crippen molar-refractivity contribution in [1.29, 1.82) is 0 Å². The molecular formula is C12H18ClN3O2.